The van der Waals surface area contributed by atoms with Gasteiger partial charge in [0.15, 0.2) is 5.82 Å². The number of hydrogen-bond donors (Lipinski definition) is 1. The van der Waals surface area contributed by atoms with Crippen molar-refractivity contribution in [2.45, 2.75) is 37.5 Å². The Balaban J connectivity index is 1.58. The first kappa shape index (κ1) is 20.7. The minimum absolute atomic E-state index is 0.128. The van der Waals surface area contributed by atoms with Crippen molar-refractivity contribution in [3.8, 4) is 5.95 Å². The summed E-state index contributed by atoms with van der Waals surface area (Å²) >= 11 is 0. The van der Waals surface area contributed by atoms with E-state index in [4.69, 9.17) is 14.7 Å². The molecule has 1 saturated carbocycles. The second kappa shape index (κ2) is 7.56. The Kier molecular flexibility index (Phi) is 4.73. The van der Waals surface area contributed by atoms with Crippen molar-refractivity contribution in [1.29, 1.82) is 0 Å². The molecule has 1 atom stereocenters. The number of fused-ring (bicyclic) bond motifs is 2. The molecule has 2 aliphatic heterocycles. The molecule has 0 radical (unpaired) electrons. The molecule has 10 nitrogen and oxygen atoms in total. The number of para-hydroxylation sites is 2. The summed E-state index contributed by atoms with van der Waals surface area (Å²) < 4.78 is 35.5. The largest absolute Gasteiger partial charge is 0.377 e. The van der Waals surface area contributed by atoms with Crippen LogP contribution in [-0.2, 0) is 21.2 Å². The van der Waals surface area contributed by atoms with Crippen LogP contribution in [0, 0.1) is 0 Å². The molecule has 2 fully saturated rings. The van der Waals surface area contributed by atoms with Crippen molar-refractivity contribution in [2.24, 2.45) is 0 Å². The monoisotopic (exact) mass is 469 g/mol. The van der Waals surface area contributed by atoms with Crippen molar-refractivity contribution in [1.82, 2.24) is 19.5 Å². The fourth-order valence-corrected chi connectivity index (χ4v) is 6.60. The predicted molar refractivity (Wildman–Crippen MR) is 127 cm³/mol. The van der Waals surface area contributed by atoms with Crippen LogP contribution in [0.15, 0.2) is 24.3 Å². The van der Waals surface area contributed by atoms with E-state index in [0.717, 1.165) is 35.3 Å². The topological polar surface area (TPSA) is 105 Å². The molecule has 0 bridgehead atoms. The van der Waals surface area contributed by atoms with Crippen LogP contribution in [0.4, 0.5) is 17.6 Å². The van der Waals surface area contributed by atoms with Crippen molar-refractivity contribution >= 4 is 38.6 Å². The highest BCUT2D eigenvalue weighted by molar-refractivity contribution is 7.93. The predicted octanol–water partition coefficient (Wildman–Crippen LogP) is 1.94. The van der Waals surface area contributed by atoms with E-state index in [1.54, 1.807) is 7.05 Å². The van der Waals surface area contributed by atoms with Gasteiger partial charge in [0.2, 0.25) is 21.9 Å². The summed E-state index contributed by atoms with van der Waals surface area (Å²) in [6, 6.07) is 7.92. The van der Waals surface area contributed by atoms with E-state index in [9.17, 15) is 8.42 Å². The maximum absolute atomic E-state index is 13.2. The van der Waals surface area contributed by atoms with E-state index in [-0.39, 0.29) is 11.3 Å². The number of anilines is 3. The zero-order valence-electron chi connectivity index (χ0n) is 18.7. The third-order valence-electron chi connectivity index (χ3n) is 6.63. The summed E-state index contributed by atoms with van der Waals surface area (Å²) in [6.07, 6.45) is 2.04. The van der Waals surface area contributed by atoms with Crippen molar-refractivity contribution < 1.29 is 13.2 Å². The number of nitrogens with zero attached hydrogens (tertiary/aromatic N) is 6. The molecule has 0 spiro atoms. The summed E-state index contributed by atoms with van der Waals surface area (Å²) in [4.78, 5) is 16.8. The summed E-state index contributed by atoms with van der Waals surface area (Å²) in [7, 11) is -1.62. The van der Waals surface area contributed by atoms with E-state index >= 15 is 0 Å². The van der Waals surface area contributed by atoms with Gasteiger partial charge in [0, 0.05) is 25.7 Å². The molecule has 1 N–H and O–H groups in total. The van der Waals surface area contributed by atoms with Crippen molar-refractivity contribution in [3.05, 3.63) is 29.8 Å². The molecule has 1 aromatic carbocycles. The zero-order chi connectivity index (χ0) is 22.7. The molecule has 3 aliphatic rings. The van der Waals surface area contributed by atoms with Crippen LogP contribution in [-0.4, -0.2) is 72.6 Å². The Labute approximate surface area is 192 Å². The van der Waals surface area contributed by atoms with Gasteiger partial charge in [-0.05, 0) is 38.3 Å². The minimum Gasteiger partial charge on any atom is -0.377 e. The normalized spacial score (nSPS) is 21.0. The quantitative estimate of drug-likeness (QED) is 0.604. The number of aromatic nitrogens is 4. The van der Waals surface area contributed by atoms with Gasteiger partial charge in [0.25, 0.3) is 0 Å². The van der Waals surface area contributed by atoms with Crippen molar-refractivity contribution in [3.63, 3.8) is 0 Å². The first-order valence-electron chi connectivity index (χ1n) is 11.4. The second-order valence-corrected chi connectivity index (χ2v) is 11.0. The van der Waals surface area contributed by atoms with Gasteiger partial charge in [0.1, 0.15) is 5.82 Å². The average Bonchev–Trinajstić information content (AvgIpc) is 3.49. The molecule has 0 unspecified atom stereocenters. The van der Waals surface area contributed by atoms with Crippen LogP contribution >= 0.6 is 0 Å². The Hall–Kier alpha value is -2.92. The van der Waals surface area contributed by atoms with Crippen LogP contribution in [0.3, 0.4) is 0 Å². The van der Waals surface area contributed by atoms with E-state index in [2.05, 4.69) is 22.1 Å². The van der Waals surface area contributed by atoms with E-state index < -0.39 is 10.0 Å². The standard InChI is InChI=1S/C22H27N7O3S/c1-14-13-32-12-11-27(14)19-16-9-10-28(33(30,31)15-7-8-15)20(16)26-22(25-19)29-18-6-4-3-5-17(18)24-21(29)23-2/h3-6,14-15H,7-13H2,1-2H3,(H,23,24)/t14-/m1/s1. The van der Waals surface area contributed by atoms with Gasteiger partial charge < -0.3 is 15.0 Å². The molecule has 0 amide bonds. The lowest BCUT2D eigenvalue weighted by atomic mass is 10.2. The second-order valence-electron chi connectivity index (χ2n) is 8.84. The summed E-state index contributed by atoms with van der Waals surface area (Å²) in [6.45, 7) is 4.42. The fraction of sp³-hybridized carbons (Fsp3) is 0.500. The smallest absolute Gasteiger partial charge is 0.241 e. The van der Waals surface area contributed by atoms with E-state index in [1.807, 2.05) is 28.8 Å². The van der Waals surface area contributed by atoms with Gasteiger partial charge in [-0.2, -0.15) is 9.97 Å². The molecule has 6 rings (SSSR count). The molecule has 1 saturated heterocycles. The van der Waals surface area contributed by atoms with Gasteiger partial charge in [-0.15, -0.1) is 0 Å². The molecule has 4 heterocycles. The zero-order valence-corrected chi connectivity index (χ0v) is 19.5. The summed E-state index contributed by atoms with van der Waals surface area (Å²) in [5.74, 6) is 2.31. The molecular formula is C22H27N7O3S. The number of nitrogens with one attached hydrogen (secondary N) is 1. The van der Waals surface area contributed by atoms with Gasteiger partial charge in [-0.1, -0.05) is 12.1 Å². The highest BCUT2D eigenvalue weighted by atomic mass is 32.2. The van der Waals surface area contributed by atoms with Crippen LogP contribution in [0.2, 0.25) is 0 Å². The lowest BCUT2D eigenvalue weighted by Gasteiger charge is -2.35. The first-order chi connectivity index (χ1) is 16.0. The highest BCUT2D eigenvalue weighted by Crippen LogP contribution is 2.41. The molecule has 174 valence electrons. The average molecular weight is 470 g/mol. The summed E-state index contributed by atoms with van der Waals surface area (Å²) in [5.41, 5.74) is 2.57. The molecule has 1 aliphatic carbocycles. The van der Waals surface area contributed by atoms with Crippen LogP contribution in [0.25, 0.3) is 17.0 Å². The van der Waals surface area contributed by atoms with Crippen molar-refractivity contribution in [2.75, 3.05) is 47.9 Å². The molecule has 2 aromatic heterocycles. The number of hydrogen-bond acceptors (Lipinski definition) is 8. The lowest BCUT2D eigenvalue weighted by Crippen LogP contribution is -2.44. The number of sulfonamides is 1. The first-order valence-corrected chi connectivity index (χ1v) is 12.9. The Morgan fingerprint density at radius 3 is 2.64 bits per heavy atom. The fourth-order valence-electron chi connectivity index (χ4n) is 4.77. The Morgan fingerprint density at radius 1 is 1.09 bits per heavy atom. The third-order valence-corrected chi connectivity index (χ3v) is 8.91. The minimum atomic E-state index is -3.42. The SMILES string of the molecule is CNc1nc2ccccc2n1-c1nc(N2CCOC[C@H]2C)c2c(n1)N(S(=O)(=O)C1CC1)CC2. The third kappa shape index (κ3) is 3.24. The number of imidazole rings is 1. The number of morpholine rings is 1. The van der Waals surface area contributed by atoms with Gasteiger partial charge in [-0.25, -0.2) is 18.0 Å². The van der Waals surface area contributed by atoms with Gasteiger partial charge in [0.05, 0.1) is 35.5 Å². The maximum Gasteiger partial charge on any atom is 0.241 e. The molecule has 11 heteroatoms. The molecule has 33 heavy (non-hydrogen) atoms. The molecular weight excluding hydrogens is 442 g/mol. The number of rotatable bonds is 5. The van der Waals surface area contributed by atoms with Gasteiger partial charge in [-0.3, -0.25) is 4.31 Å². The Morgan fingerprint density at radius 2 is 1.88 bits per heavy atom. The lowest BCUT2D eigenvalue weighted by molar-refractivity contribution is 0.0984. The van der Waals surface area contributed by atoms with Crippen LogP contribution in [0.5, 0.6) is 0 Å². The van der Waals surface area contributed by atoms with E-state index in [1.165, 1.54) is 4.31 Å². The highest BCUT2D eigenvalue weighted by Gasteiger charge is 2.44. The van der Waals surface area contributed by atoms with Crippen LogP contribution in [0.1, 0.15) is 25.3 Å². The number of benzene rings is 1. The number of ether oxygens (including phenoxy) is 1. The Bertz CT molecular complexity index is 1340. The van der Waals surface area contributed by atoms with Gasteiger partial charge >= 0.3 is 0 Å². The molecule has 3 aromatic rings. The van der Waals surface area contributed by atoms with Crippen LogP contribution < -0.4 is 14.5 Å². The maximum atomic E-state index is 13.2. The van der Waals surface area contributed by atoms with E-state index in [0.29, 0.717) is 50.4 Å². The summed E-state index contributed by atoms with van der Waals surface area (Å²) in [5, 5.41) is 2.84.